The zero-order valence-corrected chi connectivity index (χ0v) is 65.7. The SMILES string of the molecule is CC(C)(C)OC(=O)N1CCN(C(=O)c2nc3ccc(Br)cc3s2)CC1.CC(C)(C)OC(=O)N1CCN(C(C#N)c2nc3ccc(Br)cc3s2)CC1.CC1(C)OB(B2OC(C)(C)C(C)(C)O2)OC1(C)C.Clc1nc2ccc(Br)cc2s1.[C-]#[N+]CN1CCN(C(=O)OC(C)(C)C)CC1. The number of piperazine rings is 3. The van der Waals surface area contributed by atoms with Crippen LogP contribution in [0, 0.1) is 17.9 Å². The minimum atomic E-state index is -0.515. The van der Waals surface area contributed by atoms with Crippen molar-refractivity contribution in [1.29, 1.82) is 5.26 Å². The molecule has 1 unspecified atom stereocenters. The molecule has 22 nitrogen and oxygen atoms in total. The first-order valence-electron chi connectivity index (χ1n) is 31.5. The molecule has 0 spiro atoms. The maximum atomic E-state index is 12.7. The van der Waals surface area contributed by atoms with E-state index in [4.69, 9.17) is 51.0 Å². The fourth-order valence-electron chi connectivity index (χ4n) is 9.73. The van der Waals surface area contributed by atoms with E-state index >= 15 is 0 Å². The van der Waals surface area contributed by atoms with Crippen molar-refractivity contribution in [1.82, 2.24) is 44.4 Å². The number of thiazole rings is 3. The van der Waals surface area contributed by atoms with Crippen molar-refractivity contribution in [2.45, 2.75) is 163 Å². The minimum Gasteiger partial charge on any atom is -0.444 e. The molecule has 5 aliphatic heterocycles. The Kier molecular flexibility index (Phi) is 26.4. The average Bonchev–Trinajstić information content (AvgIpc) is 1.60. The lowest BCUT2D eigenvalue weighted by Crippen LogP contribution is -2.51. The van der Waals surface area contributed by atoms with Gasteiger partial charge in [-0.25, -0.2) is 40.8 Å². The first-order chi connectivity index (χ1) is 44.5. The molecule has 5 fully saturated rings. The van der Waals surface area contributed by atoms with E-state index in [1.165, 1.54) is 22.7 Å². The van der Waals surface area contributed by atoms with E-state index in [0.717, 1.165) is 62.2 Å². The molecule has 8 heterocycles. The Labute approximate surface area is 607 Å². The minimum absolute atomic E-state index is 0.0823. The lowest BCUT2D eigenvalue weighted by Gasteiger charge is -2.36. The molecule has 5 aliphatic rings. The summed E-state index contributed by atoms with van der Waals surface area (Å²) in [6, 6.07) is 19.6. The molecule has 4 amide bonds. The highest BCUT2D eigenvalue weighted by Crippen LogP contribution is 2.43. The molecule has 0 radical (unpaired) electrons. The lowest BCUT2D eigenvalue weighted by molar-refractivity contribution is 0.00578. The average molecular weight is 1590 g/mol. The normalized spacial score (nSPS) is 18.9. The first kappa shape index (κ1) is 78.5. The van der Waals surface area contributed by atoms with Crippen LogP contribution < -0.4 is 0 Å². The molecule has 520 valence electrons. The van der Waals surface area contributed by atoms with Crippen LogP contribution >= 0.6 is 93.4 Å². The molecule has 0 aliphatic carbocycles. The highest BCUT2D eigenvalue weighted by Gasteiger charge is 2.64. The van der Waals surface area contributed by atoms with Gasteiger partial charge in [-0.3, -0.25) is 14.5 Å². The number of hydrogen-bond donors (Lipinski definition) is 0. The van der Waals surface area contributed by atoms with Gasteiger partial charge in [0.15, 0.2) is 15.5 Å². The number of aromatic nitrogens is 3. The molecular weight excluding hydrogens is 1500 g/mol. The predicted octanol–water partition coefficient (Wildman–Crippen LogP) is 15.3. The topological polar surface area (TPSA) is 219 Å². The van der Waals surface area contributed by atoms with E-state index in [0.29, 0.717) is 81.6 Å². The molecule has 0 saturated carbocycles. The Bertz CT molecular complexity index is 3720. The van der Waals surface area contributed by atoms with Gasteiger partial charge in [-0.2, -0.15) is 5.26 Å². The molecule has 3 aromatic carbocycles. The third-order valence-electron chi connectivity index (χ3n) is 16.2. The van der Waals surface area contributed by atoms with E-state index in [-0.39, 0.29) is 46.6 Å². The van der Waals surface area contributed by atoms with Crippen molar-refractivity contribution in [3.05, 3.63) is 93.9 Å². The number of carbonyl (C=O) groups excluding carboxylic acids is 4. The molecule has 96 heavy (non-hydrogen) atoms. The fourth-order valence-corrected chi connectivity index (χ4v) is 14.4. The summed E-state index contributed by atoms with van der Waals surface area (Å²) in [4.78, 5) is 76.1. The zero-order valence-electron chi connectivity index (χ0n) is 57.8. The number of amides is 4. The summed E-state index contributed by atoms with van der Waals surface area (Å²) < 4.78 is 46.7. The predicted molar refractivity (Wildman–Crippen MR) is 391 cm³/mol. The van der Waals surface area contributed by atoms with Gasteiger partial charge >= 0.3 is 32.3 Å². The summed E-state index contributed by atoms with van der Waals surface area (Å²) in [7, 11) is -0.952. The molecule has 3 aromatic heterocycles. The van der Waals surface area contributed by atoms with Crippen molar-refractivity contribution in [3.8, 4) is 6.07 Å². The monoisotopic (exact) mass is 1590 g/mol. The van der Waals surface area contributed by atoms with E-state index in [1.807, 2.05) is 177 Å². The van der Waals surface area contributed by atoms with Crippen LogP contribution in [0.25, 0.3) is 35.5 Å². The third kappa shape index (κ3) is 21.9. The largest absolute Gasteiger partial charge is 0.488 e. The summed E-state index contributed by atoms with van der Waals surface area (Å²) in [6.45, 7) is 47.1. The molecule has 31 heteroatoms. The van der Waals surface area contributed by atoms with Crippen LogP contribution in [-0.2, 0) is 32.8 Å². The van der Waals surface area contributed by atoms with Gasteiger partial charge in [0.1, 0.15) is 21.8 Å². The Hall–Kier alpha value is -4.79. The summed E-state index contributed by atoms with van der Waals surface area (Å²) in [6.07, 6.45) is -0.880. The van der Waals surface area contributed by atoms with Crippen LogP contribution in [0.5, 0.6) is 0 Å². The number of halogens is 4. The Morgan fingerprint density at radius 2 is 0.906 bits per heavy atom. The second-order valence-corrected chi connectivity index (χ2v) is 34.8. The molecule has 0 N–H and O–H groups in total. The quantitative estimate of drug-likeness (QED) is 0.0890. The molecule has 1 atom stereocenters. The van der Waals surface area contributed by atoms with Crippen molar-refractivity contribution in [3.63, 3.8) is 0 Å². The van der Waals surface area contributed by atoms with Crippen LogP contribution in [0.4, 0.5) is 14.4 Å². The Morgan fingerprint density at radius 1 is 0.562 bits per heavy atom. The van der Waals surface area contributed by atoms with Crippen molar-refractivity contribution < 1.29 is 52.0 Å². The van der Waals surface area contributed by atoms with Gasteiger partial charge < -0.3 is 52.4 Å². The zero-order chi connectivity index (χ0) is 71.1. The van der Waals surface area contributed by atoms with Crippen LogP contribution in [0.3, 0.4) is 0 Å². The van der Waals surface area contributed by atoms with E-state index in [2.05, 4.69) is 78.6 Å². The fraction of sp³-hybridized carbons (Fsp3) is 0.585. The second kappa shape index (κ2) is 32.2. The van der Waals surface area contributed by atoms with Crippen LogP contribution in [0.1, 0.15) is 139 Å². The number of hydrogen-bond acceptors (Lipinski definition) is 20. The molecular formula is C65H87B2Br3ClN11O11S3. The number of rotatable bonds is 5. The van der Waals surface area contributed by atoms with Crippen molar-refractivity contribution in [2.75, 3.05) is 85.2 Å². The van der Waals surface area contributed by atoms with Gasteiger partial charge in [-0.1, -0.05) is 59.4 Å². The highest BCUT2D eigenvalue weighted by atomic mass is 79.9. The summed E-state index contributed by atoms with van der Waals surface area (Å²) >= 11 is 20.4. The third-order valence-corrected chi connectivity index (χ3v) is 20.9. The maximum Gasteiger partial charge on any atom is 0.488 e. The number of benzene rings is 3. The van der Waals surface area contributed by atoms with Crippen molar-refractivity contribution in [2.24, 2.45) is 0 Å². The number of ether oxygens (including phenoxy) is 3. The van der Waals surface area contributed by atoms with Gasteiger partial charge in [-0.15, -0.1) is 34.0 Å². The van der Waals surface area contributed by atoms with Gasteiger partial charge in [0.05, 0.1) is 59.1 Å². The van der Waals surface area contributed by atoms with Crippen LogP contribution in [0.2, 0.25) is 4.47 Å². The Morgan fingerprint density at radius 3 is 1.29 bits per heavy atom. The standard InChI is InChI=1S/C18H21BrN4O2S.C17H20BrN3O3S.C12H24B2O4.C11H19N3O2.C7H3BrClNS/c1-18(2,3)25-17(24)23-8-6-22(7-9-23)14(11-20)16-21-13-5-4-12(19)10-15(13)26-16;1-17(2,3)24-16(23)21-8-6-20(7-9-21)15(22)14-19-12-5-4-11(18)10-13(12)25-14;1-9(2)10(3,4)16-13(15-9)14-17-11(5,6)12(7,8)18-14;1-11(2,3)16-10(15)14-7-5-13(6-8-14)9-12-4;8-4-1-2-5-6(3-4)11-7(9)10-5/h4-5,10,14H,6-9H2,1-3H3;4-5,10H,6-9H2,1-3H3;1-8H3;5-9H2,1-3H3;1-3H. The van der Waals surface area contributed by atoms with Crippen LogP contribution in [-0.4, -0.2) is 207 Å². The molecule has 11 rings (SSSR count). The lowest BCUT2D eigenvalue weighted by atomic mass is 9.49. The second-order valence-electron chi connectivity index (χ2n) is 28.3. The van der Waals surface area contributed by atoms with Gasteiger partial charge in [0, 0.05) is 92.0 Å². The van der Waals surface area contributed by atoms with Crippen LogP contribution in [0.15, 0.2) is 68.0 Å². The molecule has 0 bridgehead atoms. The first-order valence-corrected chi connectivity index (χ1v) is 36.7. The maximum absolute atomic E-state index is 12.7. The van der Waals surface area contributed by atoms with Crippen molar-refractivity contribution >= 4 is 162 Å². The number of nitrogens with zero attached hydrogens (tertiary/aromatic N) is 11. The molecule has 6 aromatic rings. The van der Waals surface area contributed by atoms with Gasteiger partial charge in [-0.05, 0) is 172 Å². The Balaban J connectivity index is 0.000000174. The number of carbonyl (C=O) groups is 4. The van der Waals surface area contributed by atoms with Gasteiger partial charge in [0.25, 0.3) is 12.6 Å². The van der Waals surface area contributed by atoms with E-state index < -0.39 is 36.9 Å². The summed E-state index contributed by atoms with van der Waals surface area (Å²) in [5, 5.41) is 11.0. The number of fused-ring (bicyclic) bond motifs is 3. The summed E-state index contributed by atoms with van der Waals surface area (Å²) in [5.41, 5.74) is -0.207. The van der Waals surface area contributed by atoms with Gasteiger partial charge in [0.2, 0.25) is 0 Å². The van der Waals surface area contributed by atoms with E-state index in [9.17, 15) is 24.4 Å². The number of nitriles is 1. The highest BCUT2D eigenvalue weighted by molar-refractivity contribution is 9.11. The summed E-state index contributed by atoms with van der Waals surface area (Å²) in [5.74, 6) is -0.0823. The smallest absolute Gasteiger partial charge is 0.444 e. The molecule has 5 saturated heterocycles. The van der Waals surface area contributed by atoms with E-state index in [1.54, 1.807) is 30.9 Å².